The molecule has 0 saturated carbocycles. The molecule has 1 heterocycles. The van der Waals surface area contributed by atoms with Gasteiger partial charge < -0.3 is 16.2 Å². The highest BCUT2D eigenvalue weighted by atomic mass is 32.1. The monoisotopic (exact) mass is 366 g/mol. The molecule has 0 saturated heterocycles. The first-order chi connectivity index (χ1) is 11.8. The van der Waals surface area contributed by atoms with Gasteiger partial charge in [-0.15, -0.1) is 11.3 Å². The highest BCUT2D eigenvalue weighted by Crippen LogP contribution is 2.40. The van der Waals surface area contributed by atoms with E-state index in [0.29, 0.717) is 16.5 Å². The molecule has 0 unspecified atom stereocenters. The van der Waals surface area contributed by atoms with Crippen molar-refractivity contribution in [2.75, 3.05) is 5.32 Å². The zero-order chi connectivity index (χ0) is 18.6. The van der Waals surface area contributed by atoms with Crippen LogP contribution < -0.4 is 11.1 Å². The summed E-state index contributed by atoms with van der Waals surface area (Å²) in [5.74, 6) is -1.36. The van der Waals surface area contributed by atoms with Crippen molar-refractivity contribution in [3.05, 3.63) is 16.0 Å². The van der Waals surface area contributed by atoms with Crippen LogP contribution >= 0.6 is 11.3 Å². The van der Waals surface area contributed by atoms with Crippen LogP contribution in [0.3, 0.4) is 0 Å². The fraction of sp³-hybridized carbons (Fsp3) is 0.611. The molecule has 0 bridgehead atoms. The van der Waals surface area contributed by atoms with Crippen molar-refractivity contribution in [1.29, 1.82) is 0 Å². The number of fused-ring (bicyclic) bond motifs is 1. The minimum absolute atomic E-state index is 0.0598. The quantitative estimate of drug-likeness (QED) is 0.656. The second-order valence-electron chi connectivity index (χ2n) is 6.93. The van der Waals surface area contributed by atoms with E-state index < -0.39 is 11.9 Å². The van der Waals surface area contributed by atoms with Crippen LogP contribution in [0.25, 0.3) is 0 Å². The molecule has 0 aromatic carbocycles. The Kier molecular flexibility index (Phi) is 6.58. The van der Waals surface area contributed by atoms with Crippen molar-refractivity contribution in [3.63, 3.8) is 0 Å². The first-order valence-corrected chi connectivity index (χ1v) is 9.59. The van der Waals surface area contributed by atoms with E-state index in [9.17, 15) is 14.4 Å². The van der Waals surface area contributed by atoms with Crippen LogP contribution in [0.1, 0.15) is 66.8 Å². The van der Waals surface area contributed by atoms with Crippen LogP contribution in [0.15, 0.2) is 0 Å². The average molecular weight is 366 g/mol. The number of thiophene rings is 1. The van der Waals surface area contributed by atoms with Crippen molar-refractivity contribution >= 4 is 34.1 Å². The smallest absolute Gasteiger partial charge is 0.303 e. The van der Waals surface area contributed by atoms with Gasteiger partial charge in [-0.05, 0) is 36.7 Å². The number of carbonyl (C=O) groups is 3. The molecule has 0 fully saturated rings. The molecule has 4 N–H and O–H groups in total. The minimum atomic E-state index is -0.924. The van der Waals surface area contributed by atoms with Crippen LogP contribution in [0, 0.1) is 11.8 Å². The Morgan fingerprint density at radius 1 is 1.36 bits per heavy atom. The summed E-state index contributed by atoms with van der Waals surface area (Å²) in [4.78, 5) is 36.0. The van der Waals surface area contributed by atoms with Gasteiger partial charge in [-0.3, -0.25) is 14.4 Å². The zero-order valence-electron chi connectivity index (χ0n) is 14.8. The Balaban J connectivity index is 2.14. The Labute approximate surface area is 151 Å². The number of rotatable bonds is 8. The largest absolute Gasteiger partial charge is 0.481 e. The molecule has 1 aromatic rings. The van der Waals surface area contributed by atoms with Crippen LogP contribution in [-0.2, 0) is 22.4 Å². The summed E-state index contributed by atoms with van der Waals surface area (Å²) in [5.41, 5.74) is 6.98. The molecule has 2 rings (SSSR count). The number of amides is 2. The van der Waals surface area contributed by atoms with E-state index in [1.165, 1.54) is 11.3 Å². The maximum Gasteiger partial charge on any atom is 0.303 e. The number of carboxylic acids is 1. The van der Waals surface area contributed by atoms with Crippen LogP contribution in [0.2, 0.25) is 0 Å². The first kappa shape index (κ1) is 19.4. The van der Waals surface area contributed by atoms with Gasteiger partial charge in [0.25, 0.3) is 5.91 Å². The molecular weight excluding hydrogens is 340 g/mol. The van der Waals surface area contributed by atoms with Gasteiger partial charge in [-0.25, -0.2) is 0 Å². The molecule has 2 amide bonds. The predicted molar refractivity (Wildman–Crippen MR) is 97.9 cm³/mol. The number of hydrogen-bond acceptors (Lipinski definition) is 4. The maximum atomic E-state index is 12.2. The fourth-order valence-corrected chi connectivity index (χ4v) is 4.91. The van der Waals surface area contributed by atoms with Gasteiger partial charge in [0.05, 0.1) is 5.56 Å². The molecule has 0 radical (unpaired) electrons. The second-order valence-corrected chi connectivity index (χ2v) is 8.03. The van der Waals surface area contributed by atoms with E-state index in [1.807, 2.05) is 0 Å². The molecule has 1 aliphatic rings. The second kappa shape index (κ2) is 8.47. The van der Waals surface area contributed by atoms with E-state index in [4.69, 9.17) is 10.8 Å². The number of anilines is 1. The van der Waals surface area contributed by atoms with Gasteiger partial charge >= 0.3 is 5.97 Å². The highest BCUT2D eigenvalue weighted by molar-refractivity contribution is 7.17. The van der Waals surface area contributed by atoms with Crippen molar-refractivity contribution in [3.8, 4) is 0 Å². The standard InChI is InChI=1S/C18H26N2O4S/c1-3-4-11-5-6-12-13(9-11)25-18(16(12)17(19)24)20-14(21)7-10(2)8-15(22)23/h10-11H,3-9H2,1-2H3,(H2,19,24)(H,20,21)(H,22,23)/t10-,11+/m0/s1. The molecule has 0 aliphatic heterocycles. The van der Waals surface area contributed by atoms with Crippen molar-refractivity contribution < 1.29 is 19.5 Å². The third-order valence-electron chi connectivity index (χ3n) is 4.62. The lowest BCUT2D eigenvalue weighted by Crippen LogP contribution is -2.21. The third kappa shape index (κ3) is 5.04. The summed E-state index contributed by atoms with van der Waals surface area (Å²) in [6.45, 7) is 3.89. The van der Waals surface area contributed by atoms with Gasteiger partial charge in [0.1, 0.15) is 5.00 Å². The molecule has 2 atom stereocenters. The van der Waals surface area contributed by atoms with Crippen LogP contribution in [0.4, 0.5) is 5.00 Å². The van der Waals surface area contributed by atoms with E-state index in [2.05, 4.69) is 12.2 Å². The number of carboxylic acid groups (broad SMARTS) is 1. The summed E-state index contributed by atoms with van der Waals surface area (Å²) in [5, 5.41) is 12.1. The molecule has 138 valence electrons. The fourth-order valence-electron chi connectivity index (χ4n) is 3.52. The van der Waals surface area contributed by atoms with Crippen molar-refractivity contribution in [1.82, 2.24) is 0 Å². The predicted octanol–water partition coefficient (Wildman–Crippen LogP) is 3.19. The SMILES string of the molecule is CCC[C@@H]1CCc2c(sc(NC(=O)C[C@H](C)CC(=O)O)c2C(N)=O)C1. The zero-order valence-corrected chi connectivity index (χ0v) is 15.6. The molecule has 7 heteroatoms. The summed E-state index contributed by atoms with van der Waals surface area (Å²) >= 11 is 1.44. The van der Waals surface area contributed by atoms with E-state index >= 15 is 0 Å². The molecular formula is C18H26N2O4S. The Bertz CT molecular complexity index is 668. The van der Waals surface area contributed by atoms with Gasteiger partial charge in [-0.2, -0.15) is 0 Å². The number of carbonyl (C=O) groups excluding carboxylic acids is 2. The van der Waals surface area contributed by atoms with E-state index in [0.717, 1.165) is 42.5 Å². The lowest BCUT2D eigenvalue weighted by atomic mass is 9.84. The lowest BCUT2D eigenvalue weighted by molar-refractivity contribution is -0.138. The van der Waals surface area contributed by atoms with Crippen molar-refractivity contribution in [2.24, 2.45) is 17.6 Å². The van der Waals surface area contributed by atoms with Gasteiger partial charge in [0, 0.05) is 17.7 Å². The van der Waals surface area contributed by atoms with Crippen molar-refractivity contribution in [2.45, 2.75) is 58.8 Å². The third-order valence-corrected chi connectivity index (χ3v) is 5.79. The normalized spacial score (nSPS) is 17.6. The number of nitrogens with two attached hydrogens (primary N) is 1. The summed E-state index contributed by atoms with van der Waals surface area (Å²) < 4.78 is 0. The number of aliphatic carboxylic acids is 1. The summed E-state index contributed by atoms with van der Waals surface area (Å²) in [6.07, 6.45) is 5.14. The molecule has 25 heavy (non-hydrogen) atoms. The number of nitrogens with one attached hydrogen (secondary N) is 1. The Hall–Kier alpha value is -1.89. The number of hydrogen-bond donors (Lipinski definition) is 3. The summed E-state index contributed by atoms with van der Waals surface area (Å²) in [6, 6.07) is 0. The highest BCUT2D eigenvalue weighted by Gasteiger charge is 2.28. The number of primary amides is 1. The Morgan fingerprint density at radius 2 is 2.08 bits per heavy atom. The van der Waals surface area contributed by atoms with Gasteiger partial charge in [-0.1, -0.05) is 26.7 Å². The average Bonchev–Trinajstić information content (AvgIpc) is 2.83. The first-order valence-electron chi connectivity index (χ1n) is 8.77. The molecule has 0 spiro atoms. The lowest BCUT2D eigenvalue weighted by Gasteiger charge is -2.21. The van der Waals surface area contributed by atoms with Gasteiger partial charge in [0.15, 0.2) is 0 Å². The van der Waals surface area contributed by atoms with Crippen LogP contribution in [-0.4, -0.2) is 22.9 Å². The topological polar surface area (TPSA) is 109 Å². The summed E-state index contributed by atoms with van der Waals surface area (Å²) in [7, 11) is 0. The van der Waals surface area contributed by atoms with E-state index in [-0.39, 0.29) is 24.7 Å². The van der Waals surface area contributed by atoms with Gasteiger partial charge in [0.2, 0.25) is 5.91 Å². The molecule has 1 aliphatic carbocycles. The minimum Gasteiger partial charge on any atom is -0.481 e. The van der Waals surface area contributed by atoms with E-state index in [1.54, 1.807) is 6.92 Å². The molecule has 1 aromatic heterocycles. The molecule has 6 nitrogen and oxygen atoms in total. The maximum absolute atomic E-state index is 12.2. The van der Waals surface area contributed by atoms with Crippen LogP contribution in [0.5, 0.6) is 0 Å². The Morgan fingerprint density at radius 3 is 2.68 bits per heavy atom.